The van der Waals surface area contributed by atoms with E-state index in [9.17, 15) is 14.4 Å². The van der Waals surface area contributed by atoms with Crippen molar-refractivity contribution in [1.82, 2.24) is 14.9 Å². The van der Waals surface area contributed by atoms with Crippen LogP contribution in [0.25, 0.3) is 21.3 Å². The van der Waals surface area contributed by atoms with E-state index in [4.69, 9.17) is 19.2 Å². The lowest BCUT2D eigenvalue weighted by molar-refractivity contribution is -0.150. The molecule has 5 aromatic rings. The molecule has 0 bridgehead atoms. The minimum absolute atomic E-state index is 0.135. The second-order valence-corrected chi connectivity index (χ2v) is 17.3. The number of hydrogen-bond acceptors (Lipinski definition) is 11. The third-order valence-electron chi connectivity index (χ3n) is 10.8. The molecule has 7 rings (SSSR count). The van der Waals surface area contributed by atoms with E-state index < -0.39 is 35.9 Å². The summed E-state index contributed by atoms with van der Waals surface area (Å²) in [4.78, 5) is 52.5. The third kappa shape index (κ3) is 9.93. The van der Waals surface area contributed by atoms with Gasteiger partial charge in [-0.3, -0.25) is 19.8 Å². The quantitative estimate of drug-likeness (QED) is 0.0908. The van der Waals surface area contributed by atoms with Crippen molar-refractivity contribution in [1.29, 1.82) is 0 Å². The molecule has 0 aliphatic carbocycles. The fourth-order valence-electron chi connectivity index (χ4n) is 7.91. The summed E-state index contributed by atoms with van der Waals surface area (Å²) in [6.45, 7) is 10.3. The van der Waals surface area contributed by atoms with Crippen molar-refractivity contribution in [3.8, 4) is 16.9 Å². The van der Waals surface area contributed by atoms with Gasteiger partial charge in [0, 0.05) is 30.1 Å². The zero-order valence-corrected chi connectivity index (χ0v) is 35.5. The predicted octanol–water partition coefficient (Wildman–Crippen LogP) is 9.12. The molecule has 2 aromatic heterocycles. The lowest BCUT2D eigenvalue weighted by Gasteiger charge is -2.37. The maximum atomic E-state index is 15.1. The maximum absolute atomic E-state index is 15.1. The minimum atomic E-state index is -2.93. The van der Waals surface area contributed by atoms with Gasteiger partial charge in [-0.2, -0.15) is 0 Å². The summed E-state index contributed by atoms with van der Waals surface area (Å²) in [6, 6.07) is 22.8. The number of benzene rings is 3. The van der Waals surface area contributed by atoms with Crippen LogP contribution in [-0.2, 0) is 27.2 Å². The normalized spacial score (nSPS) is 16.6. The van der Waals surface area contributed by atoms with Crippen LogP contribution in [-0.4, -0.2) is 83.6 Å². The molecule has 0 spiro atoms. The van der Waals surface area contributed by atoms with Gasteiger partial charge in [-0.25, -0.2) is 23.5 Å². The number of esters is 2. The van der Waals surface area contributed by atoms with Gasteiger partial charge < -0.3 is 19.1 Å². The molecule has 1 amide bonds. The number of rotatable bonds is 13. The summed E-state index contributed by atoms with van der Waals surface area (Å²) >= 11 is 1.42. The Kier molecular flexibility index (Phi) is 12.8. The number of piperidine rings is 1. The molecule has 3 aromatic carbocycles. The number of halogens is 2. The first kappa shape index (κ1) is 42.6. The topological polar surface area (TPSA) is 123 Å². The van der Waals surface area contributed by atoms with E-state index in [0.717, 1.165) is 32.5 Å². The van der Waals surface area contributed by atoms with Crippen LogP contribution in [0.2, 0.25) is 0 Å². The Hall–Kier alpha value is -5.47. The number of alkyl halides is 2. The van der Waals surface area contributed by atoms with Crippen LogP contribution < -0.4 is 15.0 Å². The Labute approximate surface area is 353 Å². The Morgan fingerprint density at radius 3 is 2.53 bits per heavy atom. The van der Waals surface area contributed by atoms with Gasteiger partial charge in [-0.1, -0.05) is 47.7 Å². The number of pyridine rings is 1. The molecule has 2 aliphatic rings. The van der Waals surface area contributed by atoms with Crippen molar-refractivity contribution in [3.63, 3.8) is 0 Å². The molecular formula is C46H51F2N5O6S. The SMILES string of the molecule is CCOC(=O)CN1CC[C@H](CCCOc2cccc(-c3ccc(N4CCc5cccc(C(=O)Nc6nc7ccccc7s6)c5C4)nc3C(=O)OC(C)(C)C)c2C)C(F)(F)C1. The molecule has 0 unspecified atom stereocenters. The summed E-state index contributed by atoms with van der Waals surface area (Å²) in [5.74, 6) is -3.90. The second-order valence-electron chi connectivity index (χ2n) is 16.3. The van der Waals surface area contributed by atoms with Crippen molar-refractivity contribution in [2.45, 2.75) is 78.4 Å². The zero-order chi connectivity index (χ0) is 42.6. The highest BCUT2D eigenvalue weighted by molar-refractivity contribution is 7.22. The van der Waals surface area contributed by atoms with E-state index >= 15 is 8.78 Å². The highest BCUT2D eigenvalue weighted by Crippen LogP contribution is 2.38. The van der Waals surface area contributed by atoms with E-state index in [-0.39, 0.29) is 44.2 Å². The lowest BCUT2D eigenvalue weighted by Crippen LogP contribution is -2.50. The molecular weight excluding hydrogens is 789 g/mol. The molecule has 1 fully saturated rings. The number of thiazole rings is 1. The van der Waals surface area contributed by atoms with Gasteiger partial charge in [0.2, 0.25) is 0 Å². The number of hydrogen-bond donors (Lipinski definition) is 1. The zero-order valence-electron chi connectivity index (χ0n) is 34.7. The van der Waals surface area contributed by atoms with E-state index in [1.807, 2.05) is 79.7 Å². The number of carbonyl (C=O) groups excluding carboxylic acids is 3. The Morgan fingerprint density at radius 2 is 1.77 bits per heavy atom. The average Bonchev–Trinajstić information content (AvgIpc) is 3.61. The fraction of sp³-hybridized carbons (Fsp3) is 0.413. The number of nitrogens with one attached hydrogen (secondary N) is 1. The van der Waals surface area contributed by atoms with E-state index in [1.54, 1.807) is 27.7 Å². The smallest absolute Gasteiger partial charge is 0.358 e. The van der Waals surface area contributed by atoms with E-state index in [1.165, 1.54) is 16.2 Å². The third-order valence-corrected chi connectivity index (χ3v) is 11.8. The van der Waals surface area contributed by atoms with E-state index in [0.29, 0.717) is 60.3 Å². The van der Waals surface area contributed by atoms with Crippen molar-refractivity contribution in [3.05, 3.63) is 101 Å². The maximum Gasteiger partial charge on any atom is 0.358 e. The molecule has 0 radical (unpaired) electrons. The minimum Gasteiger partial charge on any atom is -0.493 e. The molecule has 11 nitrogen and oxygen atoms in total. The van der Waals surface area contributed by atoms with Gasteiger partial charge in [0.05, 0.1) is 36.5 Å². The molecule has 316 valence electrons. The van der Waals surface area contributed by atoms with Crippen LogP contribution in [0.4, 0.5) is 19.7 Å². The van der Waals surface area contributed by atoms with E-state index in [2.05, 4.69) is 15.2 Å². The number of carbonyl (C=O) groups is 3. The molecule has 2 aliphatic heterocycles. The predicted molar refractivity (Wildman–Crippen MR) is 229 cm³/mol. The summed E-state index contributed by atoms with van der Waals surface area (Å²) in [6.07, 6.45) is 1.66. The highest BCUT2D eigenvalue weighted by Gasteiger charge is 2.44. The monoisotopic (exact) mass is 839 g/mol. The van der Waals surface area contributed by atoms with Crippen LogP contribution >= 0.6 is 11.3 Å². The van der Waals surface area contributed by atoms with Gasteiger partial charge >= 0.3 is 11.9 Å². The molecule has 4 heterocycles. The molecule has 14 heteroatoms. The summed E-state index contributed by atoms with van der Waals surface area (Å²) in [5, 5.41) is 3.52. The first-order valence-corrected chi connectivity index (χ1v) is 21.3. The Bertz CT molecular complexity index is 2350. The van der Waals surface area contributed by atoms with Crippen molar-refractivity contribution >= 4 is 50.3 Å². The Balaban J connectivity index is 1.07. The van der Waals surface area contributed by atoms with Crippen molar-refractivity contribution in [2.75, 3.05) is 49.6 Å². The summed E-state index contributed by atoms with van der Waals surface area (Å²) < 4.78 is 48.1. The van der Waals surface area contributed by atoms with Gasteiger partial charge in [0.25, 0.3) is 11.8 Å². The van der Waals surface area contributed by atoms with Crippen LogP contribution in [0.15, 0.2) is 72.8 Å². The van der Waals surface area contributed by atoms with Crippen molar-refractivity contribution in [2.24, 2.45) is 5.92 Å². The molecule has 60 heavy (non-hydrogen) atoms. The highest BCUT2D eigenvalue weighted by atomic mass is 32.1. The molecule has 0 saturated carbocycles. The van der Waals surface area contributed by atoms with Gasteiger partial charge in [-0.15, -0.1) is 0 Å². The summed E-state index contributed by atoms with van der Waals surface area (Å²) in [5.41, 5.74) is 4.77. The van der Waals surface area contributed by atoms with Crippen molar-refractivity contribution < 1.29 is 37.4 Å². The number of nitrogens with zero attached hydrogens (tertiary/aromatic N) is 4. The average molecular weight is 840 g/mol. The first-order valence-electron chi connectivity index (χ1n) is 20.4. The fourth-order valence-corrected chi connectivity index (χ4v) is 8.77. The number of anilines is 2. The number of aromatic nitrogens is 2. The summed E-state index contributed by atoms with van der Waals surface area (Å²) in [7, 11) is 0. The first-order chi connectivity index (χ1) is 28.7. The van der Waals surface area contributed by atoms with Crippen LogP contribution in [0, 0.1) is 12.8 Å². The van der Waals surface area contributed by atoms with Crippen LogP contribution in [0.5, 0.6) is 5.75 Å². The van der Waals surface area contributed by atoms with Gasteiger partial charge in [0.1, 0.15) is 17.2 Å². The lowest BCUT2D eigenvalue weighted by atomic mass is 9.88. The second kappa shape index (κ2) is 18.0. The standard InChI is InChI=1S/C46H51F2N5O6S/c1-6-57-40(54)27-52-23-22-31(46(47,48)28-52)13-11-25-58-37-17-10-14-32(29(37)2)33-19-20-39(50-41(33)43(56)59-45(3,4)5)53-24-21-30-12-9-15-34(35(30)26-53)42(55)51-44-49-36-16-7-8-18-38(36)60-44/h7-10,12,14-20,31H,6,11,13,21-28H2,1-5H3,(H,49,51,55)/t31-/m0/s1. The van der Waals surface area contributed by atoms with Crippen LogP contribution in [0.1, 0.15) is 84.5 Å². The number of likely N-dealkylation sites (tertiary alicyclic amines) is 1. The Morgan fingerprint density at radius 1 is 0.967 bits per heavy atom. The largest absolute Gasteiger partial charge is 0.493 e. The van der Waals surface area contributed by atoms with Gasteiger partial charge in [-0.05, 0) is 125 Å². The van der Waals surface area contributed by atoms with Gasteiger partial charge in [0.15, 0.2) is 10.8 Å². The molecule has 1 atom stereocenters. The number of amides is 1. The number of fused-ring (bicyclic) bond motifs is 2. The number of ether oxygens (including phenoxy) is 3. The molecule has 1 saturated heterocycles. The number of para-hydroxylation sites is 1. The van der Waals surface area contributed by atoms with Crippen LogP contribution in [0.3, 0.4) is 0 Å². The molecule has 1 N–H and O–H groups in total.